The molecule has 4 nitrogen and oxygen atoms in total. The topological polar surface area (TPSA) is 67.8 Å². The van der Waals surface area contributed by atoms with E-state index in [1.807, 2.05) is 42.5 Å². The van der Waals surface area contributed by atoms with E-state index >= 15 is 0 Å². The Morgan fingerprint density at radius 2 is 1.89 bits per heavy atom. The van der Waals surface area contributed by atoms with Gasteiger partial charge in [-0.15, -0.1) is 0 Å². The number of nitrogens with zero attached hydrogens (tertiary/aromatic N) is 1. The fourth-order valence-electron chi connectivity index (χ4n) is 1.66. The second-order valence-corrected chi connectivity index (χ2v) is 4.73. The predicted octanol–water partition coefficient (Wildman–Crippen LogP) is 3.12. The Hall–Kier alpha value is -2.01. The van der Waals surface area contributed by atoms with E-state index in [0.29, 0.717) is 22.4 Å². The number of rotatable bonds is 4. The van der Waals surface area contributed by atoms with E-state index in [1.165, 1.54) is 0 Å². The summed E-state index contributed by atoms with van der Waals surface area (Å²) < 4.78 is 6.44. The zero-order chi connectivity index (χ0) is 13.7. The van der Waals surface area contributed by atoms with Crippen molar-refractivity contribution in [3.05, 3.63) is 64.1 Å². The number of benzene rings is 2. The summed E-state index contributed by atoms with van der Waals surface area (Å²) in [5.41, 5.74) is 7.25. The van der Waals surface area contributed by atoms with Crippen molar-refractivity contribution < 1.29 is 9.94 Å². The van der Waals surface area contributed by atoms with Gasteiger partial charge in [-0.2, -0.15) is 0 Å². The van der Waals surface area contributed by atoms with Gasteiger partial charge in [0, 0.05) is 4.47 Å². The molecule has 0 radical (unpaired) electrons. The number of halogens is 1. The van der Waals surface area contributed by atoms with Crippen LogP contribution in [0.3, 0.4) is 0 Å². The highest BCUT2D eigenvalue weighted by molar-refractivity contribution is 9.10. The van der Waals surface area contributed by atoms with Gasteiger partial charge in [0.2, 0.25) is 0 Å². The molecule has 19 heavy (non-hydrogen) atoms. The molecular formula is C14H13BrN2O2. The summed E-state index contributed by atoms with van der Waals surface area (Å²) in [5, 5.41) is 11.8. The maximum Gasteiger partial charge on any atom is 0.174 e. The molecule has 0 aliphatic rings. The minimum absolute atomic E-state index is 0.00976. The summed E-state index contributed by atoms with van der Waals surface area (Å²) in [7, 11) is 0. The summed E-state index contributed by atoms with van der Waals surface area (Å²) in [4.78, 5) is 0. The molecule has 3 N–H and O–H groups in total. The summed E-state index contributed by atoms with van der Waals surface area (Å²) in [6, 6.07) is 15.2. The Bertz CT molecular complexity index is 585. The number of amidine groups is 1. The summed E-state index contributed by atoms with van der Waals surface area (Å²) in [6.45, 7) is 0.420. The molecule has 0 fully saturated rings. The maximum atomic E-state index is 8.81. The standard InChI is InChI=1S/C14H13BrN2O2/c15-11-7-4-8-12(13(11)14(16)17-18)19-9-10-5-2-1-3-6-10/h1-8,18H,9H2,(H2,16,17). The molecule has 5 heteroatoms. The van der Waals surface area contributed by atoms with E-state index in [-0.39, 0.29) is 5.84 Å². The van der Waals surface area contributed by atoms with E-state index in [2.05, 4.69) is 21.1 Å². The summed E-state index contributed by atoms with van der Waals surface area (Å²) >= 11 is 3.36. The van der Waals surface area contributed by atoms with Crippen molar-refractivity contribution in [3.8, 4) is 5.75 Å². The van der Waals surface area contributed by atoms with Crippen molar-refractivity contribution in [1.82, 2.24) is 0 Å². The number of oxime groups is 1. The van der Waals surface area contributed by atoms with Gasteiger partial charge >= 0.3 is 0 Å². The first kappa shape index (κ1) is 13.4. The molecule has 2 aromatic rings. The van der Waals surface area contributed by atoms with E-state index in [4.69, 9.17) is 15.7 Å². The van der Waals surface area contributed by atoms with E-state index in [0.717, 1.165) is 5.56 Å². The number of ether oxygens (including phenoxy) is 1. The fourth-order valence-corrected chi connectivity index (χ4v) is 2.21. The third-order valence-corrected chi connectivity index (χ3v) is 3.24. The Kier molecular flexibility index (Phi) is 4.41. The zero-order valence-corrected chi connectivity index (χ0v) is 11.7. The van der Waals surface area contributed by atoms with Gasteiger partial charge < -0.3 is 15.7 Å². The molecule has 0 saturated heterocycles. The van der Waals surface area contributed by atoms with Gasteiger partial charge in [-0.25, -0.2) is 0 Å². The second kappa shape index (κ2) is 6.24. The normalized spacial score (nSPS) is 11.3. The number of nitrogens with two attached hydrogens (primary N) is 1. The van der Waals surface area contributed by atoms with Gasteiger partial charge in [0.1, 0.15) is 12.4 Å². The van der Waals surface area contributed by atoms with Crippen molar-refractivity contribution in [1.29, 1.82) is 0 Å². The van der Waals surface area contributed by atoms with Crippen LogP contribution in [0.2, 0.25) is 0 Å². The summed E-state index contributed by atoms with van der Waals surface area (Å²) in [5.74, 6) is 0.573. The Morgan fingerprint density at radius 3 is 2.58 bits per heavy atom. The number of hydrogen-bond acceptors (Lipinski definition) is 3. The third-order valence-electron chi connectivity index (χ3n) is 2.58. The zero-order valence-electron chi connectivity index (χ0n) is 10.1. The molecular weight excluding hydrogens is 308 g/mol. The van der Waals surface area contributed by atoms with Crippen LogP contribution >= 0.6 is 15.9 Å². The third kappa shape index (κ3) is 3.26. The average molecular weight is 321 g/mol. The molecule has 0 bridgehead atoms. The quantitative estimate of drug-likeness (QED) is 0.393. The van der Waals surface area contributed by atoms with Crippen LogP contribution in [-0.4, -0.2) is 11.0 Å². The molecule has 0 spiro atoms. The van der Waals surface area contributed by atoms with Crippen molar-refractivity contribution >= 4 is 21.8 Å². The Balaban J connectivity index is 2.23. The molecule has 0 saturated carbocycles. The molecule has 2 aromatic carbocycles. The van der Waals surface area contributed by atoms with Crippen LogP contribution in [0.25, 0.3) is 0 Å². The van der Waals surface area contributed by atoms with Crippen LogP contribution in [0.5, 0.6) is 5.75 Å². The van der Waals surface area contributed by atoms with Gasteiger partial charge in [0.15, 0.2) is 5.84 Å². The molecule has 0 aromatic heterocycles. The Labute approximate surface area is 119 Å². The van der Waals surface area contributed by atoms with Crippen LogP contribution in [0.15, 0.2) is 58.2 Å². The highest BCUT2D eigenvalue weighted by atomic mass is 79.9. The predicted molar refractivity (Wildman–Crippen MR) is 77.4 cm³/mol. The minimum Gasteiger partial charge on any atom is -0.488 e. The van der Waals surface area contributed by atoms with E-state index in [9.17, 15) is 0 Å². The van der Waals surface area contributed by atoms with E-state index in [1.54, 1.807) is 6.07 Å². The first-order chi connectivity index (χ1) is 9.22. The van der Waals surface area contributed by atoms with Crippen molar-refractivity contribution in [2.24, 2.45) is 10.9 Å². The lowest BCUT2D eigenvalue weighted by molar-refractivity contribution is 0.303. The minimum atomic E-state index is 0.00976. The lowest BCUT2D eigenvalue weighted by Crippen LogP contribution is -2.15. The average Bonchev–Trinajstić information content (AvgIpc) is 2.45. The van der Waals surface area contributed by atoms with Gasteiger partial charge in [-0.3, -0.25) is 0 Å². The molecule has 98 valence electrons. The maximum absolute atomic E-state index is 8.81. The molecule has 0 atom stereocenters. The molecule has 0 aliphatic heterocycles. The highest BCUT2D eigenvalue weighted by Gasteiger charge is 2.12. The van der Waals surface area contributed by atoms with Crippen LogP contribution in [-0.2, 0) is 6.61 Å². The first-order valence-electron chi connectivity index (χ1n) is 5.65. The smallest absolute Gasteiger partial charge is 0.174 e. The Morgan fingerprint density at radius 1 is 1.16 bits per heavy atom. The van der Waals surface area contributed by atoms with Gasteiger partial charge in [0.25, 0.3) is 0 Å². The molecule has 0 unspecified atom stereocenters. The van der Waals surface area contributed by atoms with Crippen LogP contribution in [0, 0.1) is 0 Å². The lowest BCUT2D eigenvalue weighted by Gasteiger charge is -2.12. The summed E-state index contributed by atoms with van der Waals surface area (Å²) in [6.07, 6.45) is 0. The van der Waals surface area contributed by atoms with E-state index < -0.39 is 0 Å². The van der Waals surface area contributed by atoms with Gasteiger partial charge in [0.05, 0.1) is 5.56 Å². The van der Waals surface area contributed by atoms with Crippen molar-refractivity contribution in [2.75, 3.05) is 0 Å². The fraction of sp³-hybridized carbons (Fsp3) is 0.0714. The molecule has 0 heterocycles. The second-order valence-electron chi connectivity index (χ2n) is 3.87. The largest absolute Gasteiger partial charge is 0.488 e. The molecule has 0 aliphatic carbocycles. The molecule has 0 amide bonds. The van der Waals surface area contributed by atoms with Crippen molar-refractivity contribution in [3.63, 3.8) is 0 Å². The van der Waals surface area contributed by atoms with Crippen LogP contribution in [0.4, 0.5) is 0 Å². The van der Waals surface area contributed by atoms with Crippen molar-refractivity contribution in [2.45, 2.75) is 6.61 Å². The van der Waals surface area contributed by atoms with Gasteiger partial charge in [-0.1, -0.05) is 41.6 Å². The lowest BCUT2D eigenvalue weighted by atomic mass is 10.2. The highest BCUT2D eigenvalue weighted by Crippen LogP contribution is 2.27. The first-order valence-corrected chi connectivity index (χ1v) is 6.45. The van der Waals surface area contributed by atoms with Crippen LogP contribution < -0.4 is 10.5 Å². The van der Waals surface area contributed by atoms with Gasteiger partial charge in [-0.05, 0) is 33.6 Å². The monoisotopic (exact) mass is 320 g/mol. The molecule has 2 rings (SSSR count). The number of hydrogen-bond donors (Lipinski definition) is 2. The SMILES string of the molecule is N/C(=N/O)c1c(Br)cccc1OCc1ccccc1. The van der Waals surface area contributed by atoms with Crippen LogP contribution in [0.1, 0.15) is 11.1 Å².